The molecule has 0 saturated carbocycles. The minimum absolute atomic E-state index is 0.170. The number of carbonyl (C=O) groups excluding carboxylic acids is 1. The molecule has 2 saturated heterocycles. The van der Waals surface area contributed by atoms with Crippen LogP contribution in [-0.2, 0) is 9.53 Å². The van der Waals surface area contributed by atoms with Gasteiger partial charge in [-0.25, -0.2) is 0 Å². The van der Waals surface area contributed by atoms with E-state index >= 15 is 0 Å². The van der Waals surface area contributed by atoms with Crippen LogP contribution in [0.5, 0.6) is 0 Å². The monoisotopic (exact) mass is 254 g/mol. The minimum atomic E-state index is 0.170. The molecule has 18 heavy (non-hydrogen) atoms. The van der Waals surface area contributed by atoms with Crippen molar-refractivity contribution in [2.45, 2.75) is 57.1 Å². The summed E-state index contributed by atoms with van der Waals surface area (Å²) in [7, 11) is 1.96. The van der Waals surface area contributed by atoms with E-state index in [1.165, 1.54) is 12.8 Å². The fourth-order valence-electron chi connectivity index (χ4n) is 3.06. The lowest BCUT2D eigenvalue weighted by molar-refractivity contribution is -0.138. The van der Waals surface area contributed by atoms with Crippen molar-refractivity contribution in [1.29, 1.82) is 0 Å². The minimum Gasteiger partial charge on any atom is -0.378 e. The second kappa shape index (κ2) is 7.10. The molecule has 0 aromatic rings. The SMILES string of the molecule is CNCC1CCCCN1C(=O)CC1CCCCO1. The molecule has 2 aliphatic rings. The summed E-state index contributed by atoms with van der Waals surface area (Å²) < 4.78 is 5.67. The molecular formula is C14H26N2O2. The first-order valence-corrected chi connectivity index (χ1v) is 7.37. The van der Waals surface area contributed by atoms with E-state index in [-0.39, 0.29) is 6.10 Å². The first-order chi connectivity index (χ1) is 8.81. The zero-order valence-corrected chi connectivity index (χ0v) is 11.5. The third-order valence-electron chi connectivity index (χ3n) is 4.06. The molecule has 0 spiro atoms. The molecule has 2 rings (SSSR count). The zero-order chi connectivity index (χ0) is 12.8. The number of ether oxygens (including phenoxy) is 1. The molecule has 0 bridgehead atoms. The Labute approximate surface area is 110 Å². The van der Waals surface area contributed by atoms with Crippen LogP contribution in [0.2, 0.25) is 0 Å². The molecule has 2 atom stereocenters. The number of likely N-dealkylation sites (tertiary alicyclic amines) is 1. The Balaban J connectivity index is 1.84. The van der Waals surface area contributed by atoms with E-state index in [2.05, 4.69) is 10.2 Å². The molecule has 0 aromatic heterocycles. The Morgan fingerprint density at radius 3 is 2.83 bits per heavy atom. The van der Waals surface area contributed by atoms with Crippen molar-refractivity contribution in [1.82, 2.24) is 10.2 Å². The number of carbonyl (C=O) groups is 1. The van der Waals surface area contributed by atoms with Gasteiger partial charge in [0.15, 0.2) is 0 Å². The second-order valence-electron chi connectivity index (χ2n) is 5.49. The predicted octanol–water partition coefficient (Wildman–Crippen LogP) is 1.55. The first kappa shape index (κ1) is 13.8. The summed E-state index contributed by atoms with van der Waals surface area (Å²) >= 11 is 0. The lowest BCUT2D eigenvalue weighted by atomic mass is 10.00. The van der Waals surface area contributed by atoms with Gasteiger partial charge in [0, 0.05) is 25.7 Å². The van der Waals surface area contributed by atoms with Gasteiger partial charge in [0.05, 0.1) is 12.5 Å². The summed E-state index contributed by atoms with van der Waals surface area (Å²) in [6.45, 7) is 2.67. The number of hydrogen-bond donors (Lipinski definition) is 1. The molecule has 4 nitrogen and oxygen atoms in total. The molecule has 0 aromatic carbocycles. The van der Waals surface area contributed by atoms with Crippen LogP contribution in [0.15, 0.2) is 0 Å². The van der Waals surface area contributed by atoms with E-state index in [9.17, 15) is 4.79 Å². The normalized spacial score (nSPS) is 29.3. The standard InChI is InChI=1S/C14H26N2O2/c1-15-11-12-6-2-4-8-16(12)14(17)10-13-7-3-5-9-18-13/h12-13,15H,2-11H2,1H3. The zero-order valence-electron chi connectivity index (χ0n) is 11.5. The highest BCUT2D eigenvalue weighted by molar-refractivity contribution is 5.77. The fourth-order valence-corrected chi connectivity index (χ4v) is 3.06. The van der Waals surface area contributed by atoms with Gasteiger partial charge in [-0.15, -0.1) is 0 Å². The largest absolute Gasteiger partial charge is 0.378 e. The van der Waals surface area contributed by atoms with Gasteiger partial charge in [-0.05, 0) is 45.6 Å². The lowest BCUT2D eigenvalue weighted by Gasteiger charge is -2.37. The number of rotatable bonds is 4. The molecule has 2 unspecified atom stereocenters. The van der Waals surface area contributed by atoms with Crippen LogP contribution in [0.4, 0.5) is 0 Å². The Morgan fingerprint density at radius 2 is 2.11 bits per heavy atom. The topological polar surface area (TPSA) is 41.6 Å². The fraction of sp³-hybridized carbons (Fsp3) is 0.929. The molecule has 104 valence electrons. The van der Waals surface area contributed by atoms with Crippen LogP contribution >= 0.6 is 0 Å². The smallest absolute Gasteiger partial charge is 0.225 e. The molecule has 0 radical (unpaired) electrons. The molecule has 1 N–H and O–H groups in total. The highest BCUT2D eigenvalue weighted by Crippen LogP contribution is 2.21. The molecule has 2 heterocycles. The average Bonchev–Trinajstić information content (AvgIpc) is 2.41. The van der Waals surface area contributed by atoms with E-state index in [0.717, 1.165) is 45.4 Å². The third kappa shape index (κ3) is 3.69. The van der Waals surface area contributed by atoms with Gasteiger partial charge in [0.1, 0.15) is 0 Å². The highest BCUT2D eigenvalue weighted by Gasteiger charge is 2.28. The van der Waals surface area contributed by atoms with Crippen molar-refractivity contribution in [2.75, 3.05) is 26.7 Å². The molecular weight excluding hydrogens is 228 g/mol. The van der Waals surface area contributed by atoms with Gasteiger partial charge in [-0.3, -0.25) is 4.79 Å². The maximum Gasteiger partial charge on any atom is 0.225 e. The summed E-state index contributed by atoms with van der Waals surface area (Å²) in [6, 6.07) is 0.389. The van der Waals surface area contributed by atoms with Crippen molar-refractivity contribution in [3.05, 3.63) is 0 Å². The Hall–Kier alpha value is -0.610. The summed E-state index contributed by atoms with van der Waals surface area (Å²) in [6.07, 6.45) is 7.69. The average molecular weight is 254 g/mol. The number of hydrogen-bond acceptors (Lipinski definition) is 3. The second-order valence-corrected chi connectivity index (χ2v) is 5.49. The number of nitrogens with one attached hydrogen (secondary N) is 1. The van der Waals surface area contributed by atoms with Gasteiger partial charge in [0.25, 0.3) is 0 Å². The Morgan fingerprint density at radius 1 is 1.28 bits per heavy atom. The van der Waals surface area contributed by atoms with Gasteiger partial charge < -0.3 is 15.0 Å². The van der Waals surface area contributed by atoms with Crippen molar-refractivity contribution in [2.24, 2.45) is 0 Å². The molecule has 4 heteroatoms. The van der Waals surface area contributed by atoms with Crippen LogP contribution in [0, 0.1) is 0 Å². The van der Waals surface area contributed by atoms with Crippen LogP contribution in [0.3, 0.4) is 0 Å². The van der Waals surface area contributed by atoms with E-state index in [1.807, 2.05) is 7.05 Å². The Bertz CT molecular complexity index is 263. The van der Waals surface area contributed by atoms with Crippen molar-refractivity contribution < 1.29 is 9.53 Å². The number of likely N-dealkylation sites (N-methyl/N-ethyl adjacent to an activating group) is 1. The van der Waals surface area contributed by atoms with Gasteiger partial charge in [-0.1, -0.05) is 0 Å². The van der Waals surface area contributed by atoms with E-state index in [4.69, 9.17) is 4.74 Å². The number of piperidine rings is 1. The molecule has 2 aliphatic heterocycles. The van der Waals surface area contributed by atoms with E-state index in [0.29, 0.717) is 18.4 Å². The first-order valence-electron chi connectivity index (χ1n) is 7.37. The summed E-state index contributed by atoms with van der Waals surface area (Å²) in [4.78, 5) is 14.5. The highest BCUT2D eigenvalue weighted by atomic mass is 16.5. The summed E-state index contributed by atoms with van der Waals surface area (Å²) in [5.74, 6) is 0.293. The van der Waals surface area contributed by atoms with Crippen LogP contribution in [0.1, 0.15) is 44.9 Å². The molecule has 0 aliphatic carbocycles. The third-order valence-corrected chi connectivity index (χ3v) is 4.06. The maximum atomic E-state index is 12.4. The lowest BCUT2D eigenvalue weighted by Crippen LogP contribution is -2.49. The van der Waals surface area contributed by atoms with Crippen molar-refractivity contribution in [3.63, 3.8) is 0 Å². The van der Waals surface area contributed by atoms with Crippen LogP contribution < -0.4 is 5.32 Å². The van der Waals surface area contributed by atoms with Gasteiger partial charge in [0.2, 0.25) is 5.91 Å². The van der Waals surface area contributed by atoms with Crippen LogP contribution in [0.25, 0.3) is 0 Å². The van der Waals surface area contributed by atoms with E-state index < -0.39 is 0 Å². The molecule has 2 fully saturated rings. The maximum absolute atomic E-state index is 12.4. The Kier molecular flexibility index (Phi) is 5.45. The summed E-state index contributed by atoms with van der Waals surface area (Å²) in [5, 5.41) is 3.20. The summed E-state index contributed by atoms with van der Waals surface area (Å²) in [5.41, 5.74) is 0. The van der Waals surface area contributed by atoms with Crippen molar-refractivity contribution >= 4 is 5.91 Å². The van der Waals surface area contributed by atoms with Gasteiger partial charge in [-0.2, -0.15) is 0 Å². The van der Waals surface area contributed by atoms with Gasteiger partial charge >= 0.3 is 0 Å². The number of amides is 1. The molecule has 1 amide bonds. The van der Waals surface area contributed by atoms with Crippen LogP contribution in [-0.4, -0.2) is 49.7 Å². The predicted molar refractivity (Wildman–Crippen MR) is 71.5 cm³/mol. The quantitative estimate of drug-likeness (QED) is 0.827. The van der Waals surface area contributed by atoms with E-state index in [1.54, 1.807) is 0 Å². The van der Waals surface area contributed by atoms with Crippen molar-refractivity contribution in [3.8, 4) is 0 Å². The number of nitrogens with zero attached hydrogens (tertiary/aromatic N) is 1.